The Morgan fingerprint density at radius 3 is 3.10 bits per heavy atom. The molecule has 0 saturated carbocycles. The van der Waals surface area contributed by atoms with Crippen LogP contribution in [0.25, 0.3) is 0 Å². The highest BCUT2D eigenvalue weighted by Crippen LogP contribution is 2.25. The first-order valence-electron chi connectivity index (χ1n) is 6.72. The minimum Gasteiger partial charge on any atom is -0.409 e. The summed E-state index contributed by atoms with van der Waals surface area (Å²) in [6.07, 6.45) is 1.01. The number of oxime groups is 1. The summed E-state index contributed by atoms with van der Waals surface area (Å²) in [4.78, 5) is 3.64. The number of halogens is 1. The molecule has 0 fully saturated rings. The van der Waals surface area contributed by atoms with Gasteiger partial charge in [-0.25, -0.2) is 4.39 Å². The molecule has 0 atom stereocenters. The molecule has 0 bridgehead atoms. The number of hydrogen-bond acceptors (Lipinski definition) is 4. The number of hydrogen-bond donors (Lipinski definition) is 2. The third kappa shape index (κ3) is 2.77. The molecule has 3 rings (SSSR count). The zero-order chi connectivity index (χ0) is 14.8. The molecule has 0 amide bonds. The van der Waals surface area contributed by atoms with Crippen LogP contribution in [0.5, 0.6) is 0 Å². The van der Waals surface area contributed by atoms with Crippen LogP contribution in [-0.2, 0) is 19.5 Å². The minimum atomic E-state index is -0.413. The summed E-state index contributed by atoms with van der Waals surface area (Å²) < 4.78 is 14.4. The molecule has 0 radical (unpaired) electrons. The highest BCUT2D eigenvalue weighted by molar-refractivity contribution is 7.10. The van der Waals surface area contributed by atoms with Crippen molar-refractivity contribution < 1.29 is 9.60 Å². The van der Waals surface area contributed by atoms with Gasteiger partial charge in [-0.15, -0.1) is 11.3 Å². The Balaban J connectivity index is 1.80. The normalized spacial score (nSPS) is 16.0. The molecular weight excluding hydrogens is 289 g/mol. The Labute approximate surface area is 126 Å². The van der Waals surface area contributed by atoms with Gasteiger partial charge in [-0.1, -0.05) is 17.3 Å². The first-order valence-corrected chi connectivity index (χ1v) is 7.60. The van der Waals surface area contributed by atoms with E-state index in [-0.39, 0.29) is 11.4 Å². The third-order valence-electron chi connectivity index (χ3n) is 3.74. The van der Waals surface area contributed by atoms with Gasteiger partial charge in [-0.3, -0.25) is 4.90 Å². The molecule has 1 aliphatic heterocycles. The Morgan fingerprint density at radius 1 is 1.43 bits per heavy atom. The van der Waals surface area contributed by atoms with E-state index in [1.165, 1.54) is 16.5 Å². The zero-order valence-corrected chi connectivity index (χ0v) is 12.2. The highest BCUT2D eigenvalue weighted by atomic mass is 32.1. The zero-order valence-electron chi connectivity index (χ0n) is 11.4. The van der Waals surface area contributed by atoms with Crippen LogP contribution in [-0.4, -0.2) is 22.5 Å². The molecule has 4 nitrogen and oxygen atoms in total. The lowest BCUT2D eigenvalue weighted by atomic mass is 10.1. The molecule has 6 heteroatoms. The van der Waals surface area contributed by atoms with Crippen LogP contribution < -0.4 is 5.73 Å². The second-order valence-corrected chi connectivity index (χ2v) is 6.09. The first-order chi connectivity index (χ1) is 10.2. The Morgan fingerprint density at radius 2 is 2.29 bits per heavy atom. The lowest BCUT2D eigenvalue weighted by Gasteiger charge is -2.27. The average molecular weight is 305 g/mol. The quantitative estimate of drug-likeness (QED) is 0.396. The number of nitrogens with zero attached hydrogens (tertiary/aromatic N) is 2. The second-order valence-electron chi connectivity index (χ2n) is 5.09. The van der Waals surface area contributed by atoms with Gasteiger partial charge in [-0.05, 0) is 29.5 Å². The van der Waals surface area contributed by atoms with Crippen molar-refractivity contribution in [3.05, 3.63) is 57.0 Å². The molecule has 0 spiro atoms. The van der Waals surface area contributed by atoms with E-state index >= 15 is 0 Å². The summed E-state index contributed by atoms with van der Waals surface area (Å²) in [6.45, 7) is 2.28. The smallest absolute Gasteiger partial charge is 0.173 e. The van der Waals surface area contributed by atoms with Crippen molar-refractivity contribution in [1.82, 2.24) is 4.90 Å². The van der Waals surface area contributed by atoms with Crippen LogP contribution in [0.4, 0.5) is 4.39 Å². The van der Waals surface area contributed by atoms with Crippen molar-refractivity contribution in [2.45, 2.75) is 19.5 Å². The van der Waals surface area contributed by atoms with Gasteiger partial charge in [0, 0.05) is 30.1 Å². The maximum Gasteiger partial charge on any atom is 0.173 e. The molecule has 21 heavy (non-hydrogen) atoms. The summed E-state index contributed by atoms with van der Waals surface area (Å²) in [5.74, 6) is -0.614. The Kier molecular flexibility index (Phi) is 3.90. The molecule has 1 aromatic carbocycles. The monoisotopic (exact) mass is 305 g/mol. The predicted octanol–water partition coefficient (Wildman–Crippen LogP) is 2.54. The van der Waals surface area contributed by atoms with E-state index < -0.39 is 5.82 Å². The minimum absolute atomic E-state index is 0.142. The van der Waals surface area contributed by atoms with Crippen LogP contribution >= 0.6 is 11.3 Å². The maximum atomic E-state index is 14.4. The molecular formula is C15H16FN3OS. The lowest BCUT2D eigenvalue weighted by molar-refractivity contribution is 0.244. The predicted molar refractivity (Wildman–Crippen MR) is 81.0 cm³/mol. The maximum absolute atomic E-state index is 14.4. The van der Waals surface area contributed by atoms with Crippen LogP contribution in [0.1, 0.15) is 21.6 Å². The number of amidine groups is 1. The molecule has 3 N–H and O–H groups in total. The summed E-state index contributed by atoms with van der Waals surface area (Å²) >= 11 is 1.79. The van der Waals surface area contributed by atoms with Gasteiger partial charge >= 0.3 is 0 Å². The standard InChI is InChI=1S/C15H16FN3OS/c16-14-11(2-1-3-12(14)15(17)18-20)9-19-6-4-13-10(8-19)5-7-21-13/h1-3,5,7,20H,4,6,8-9H2,(H2,17,18). The second kappa shape index (κ2) is 5.83. The van der Waals surface area contributed by atoms with Crippen molar-refractivity contribution in [3.63, 3.8) is 0 Å². The number of rotatable bonds is 3. The van der Waals surface area contributed by atoms with E-state index in [1.807, 2.05) is 0 Å². The summed E-state index contributed by atoms with van der Waals surface area (Å²) in [5, 5.41) is 13.7. The number of fused-ring (bicyclic) bond motifs is 1. The summed E-state index contributed by atoms with van der Waals surface area (Å²) in [5.41, 5.74) is 7.54. The van der Waals surface area contributed by atoms with Gasteiger partial charge in [0.05, 0.1) is 5.56 Å². The van der Waals surface area contributed by atoms with Crippen molar-refractivity contribution >= 4 is 17.2 Å². The Hall–Kier alpha value is -1.92. The molecule has 0 unspecified atom stereocenters. The average Bonchev–Trinajstić information content (AvgIpc) is 2.96. The third-order valence-corrected chi connectivity index (χ3v) is 4.77. The highest BCUT2D eigenvalue weighted by Gasteiger charge is 2.19. The number of benzene rings is 1. The SMILES string of the molecule is N/C(=N/O)c1cccc(CN2CCc3sccc3C2)c1F. The van der Waals surface area contributed by atoms with Gasteiger partial charge in [0.25, 0.3) is 0 Å². The summed E-state index contributed by atoms with van der Waals surface area (Å²) in [7, 11) is 0. The molecule has 2 aromatic rings. The van der Waals surface area contributed by atoms with E-state index in [1.54, 1.807) is 23.5 Å². The molecule has 1 aliphatic rings. The number of nitrogens with two attached hydrogens (primary N) is 1. The van der Waals surface area contributed by atoms with Crippen molar-refractivity contribution in [1.29, 1.82) is 0 Å². The van der Waals surface area contributed by atoms with E-state index in [9.17, 15) is 4.39 Å². The topological polar surface area (TPSA) is 61.9 Å². The lowest BCUT2D eigenvalue weighted by Crippen LogP contribution is -2.29. The first kappa shape index (κ1) is 14.0. The fraction of sp³-hybridized carbons (Fsp3) is 0.267. The van der Waals surface area contributed by atoms with E-state index in [0.29, 0.717) is 12.1 Å². The molecule has 110 valence electrons. The molecule has 0 saturated heterocycles. The van der Waals surface area contributed by atoms with Gasteiger partial charge in [0.2, 0.25) is 0 Å². The largest absolute Gasteiger partial charge is 0.409 e. The van der Waals surface area contributed by atoms with Crippen molar-refractivity contribution in [2.24, 2.45) is 10.9 Å². The molecule has 2 heterocycles. The van der Waals surface area contributed by atoms with Crippen LogP contribution in [0.3, 0.4) is 0 Å². The van der Waals surface area contributed by atoms with Gasteiger partial charge in [0.15, 0.2) is 5.84 Å². The van der Waals surface area contributed by atoms with Crippen LogP contribution in [0.2, 0.25) is 0 Å². The molecule has 0 aliphatic carbocycles. The van der Waals surface area contributed by atoms with Crippen LogP contribution in [0.15, 0.2) is 34.8 Å². The van der Waals surface area contributed by atoms with E-state index in [2.05, 4.69) is 21.5 Å². The van der Waals surface area contributed by atoms with E-state index in [4.69, 9.17) is 10.9 Å². The van der Waals surface area contributed by atoms with Crippen LogP contribution in [0, 0.1) is 5.82 Å². The Bertz CT molecular complexity index is 683. The van der Waals surface area contributed by atoms with Crippen molar-refractivity contribution in [2.75, 3.05) is 6.54 Å². The fourth-order valence-corrected chi connectivity index (χ4v) is 3.53. The van der Waals surface area contributed by atoms with Gasteiger partial charge < -0.3 is 10.9 Å². The number of thiophene rings is 1. The fourth-order valence-electron chi connectivity index (χ4n) is 2.64. The van der Waals surface area contributed by atoms with E-state index in [0.717, 1.165) is 19.5 Å². The van der Waals surface area contributed by atoms with Gasteiger partial charge in [0.1, 0.15) is 5.82 Å². The van der Waals surface area contributed by atoms with Crippen molar-refractivity contribution in [3.8, 4) is 0 Å². The van der Waals surface area contributed by atoms with Gasteiger partial charge in [-0.2, -0.15) is 0 Å². The summed E-state index contributed by atoms with van der Waals surface area (Å²) in [6, 6.07) is 7.12. The molecule has 1 aromatic heterocycles.